The molecule has 3 aromatic rings. The van der Waals surface area contributed by atoms with Crippen LogP contribution < -0.4 is 0 Å². The van der Waals surface area contributed by atoms with Gasteiger partial charge in [-0.3, -0.25) is 9.78 Å². The normalized spacial score (nSPS) is 13.5. The number of fused-ring (bicyclic) bond motifs is 1. The fraction of sp³-hybridized carbons (Fsp3) is 0.304. The van der Waals surface area contributed by atoms with E-state index >= 15 is 0 Å². The van der Waals surface area contributed by atoms with Gasteiger partial charge in [0.15, 0.2) is 0 Å². The number of carboxylic acid groups (broad SMARTS) is 1. The van der Waals surface area contributed by atoms with Crippen LogP contribution in [0.4, 0.5) is 0 Å². The molecule has 0 aliphatic rings. The Balaban J connectivity index is 1.87. The molecule has 0 spiro atoms. The molecular formula is C23H25NO2. The van der Waals surface area contributed by atoms with E-state index in [9.17, 15) is 9.90 Å². The Labute approximate surface area is 154 Å². The second-order valence-electron chi connectivity index (χ2n) is 7.02. The number of nitrogens with zero attached hydrogens (tertiary/aromatic N) is 1. The predicted molar refractivity (Wildman–Crippen MR) is 105 cm³/mol. The maximum absolute atomic E-state index is 12.2. The maximum atomic E-state index is 12.2. The van der Waals surface area contributed by atoms with Crippen molar-refractivity contribution in [2.75, 3.05) is 0 Å². The average Bonchev–Trinajstić information content (AvgIpc) is 2.65. The van der Waals surface area contributed by atoms with Crippen LogP contribution >= 0.6 is 0 Å². The summed E-state index contributed by atoms with van der Waals surface area (Å²) in [6, 6.07) is 20.3. The fourth-order valence-electron chi connectivity index (χ4n) is 3.65. The molecule has 0 aliphatic heterocycles. The first-order chi connectivity index (χ1) is 12.5. The van der Waals surface area contributed by atoms with E-state index in [4.69, 9.17) is 0 Å². The number of aryl methyl sites for hydroxylation is 2. The third kappa shape index (κ3) is 3.77. The molecule has 0 amide bonds. The molecule has 0 saturated heterocycles. The molecule has 1 atom stereocenters. The van der Waals surface area contributed by atoms with Crippen LogP contribution in [0.5, 0.6) is 0 Å². The van der Waals surface area contributed by atoms with Crippen molar-refractivity contribution >= 4 is 16.7 Å². The summed E-state index contributed by atoms with van der Waals surface area (Å²) < 4.78 is 0. The van der Waals surface area contributed by atoms with Gasteiger partial charge >= 0.3 is 5.97 Å². The van der Waals surface area contributed by atoms with Gasteiger partial charge in [-0.2, -0.15) is 0 Å². The zero-order valence-electron chi connectivity index (χ0n) is 15.4. The lowest BCUT2D eigenvalue weighted by Gasteiger charge is -2.28. The van der Waals surface area contributed by atoms with Gasteiger partial charge in [0, 0.05) is 17.8 Å². The molecular weight excluding hydrogens is 322 g/mol. The first-order valence-corrected chi connectivity index (χ1v) is 9.17. The number of aromatic nitrogens is 1. The smallest absolute Gasteiger partial charge is 0.310 e. The first kappa shape index (κ1) is 18.1. The van der Waals surface area contributed by atoms with E-state index in [1.807, 2.05) is 50.2 Å². The van der Waals surface area contributed by atoms with Gasteiger partial charge in [-0.05, 0) is 54.7 Å². The number of hydrogen-bond donors (Lipinski definition) is 1. The molecule has 1 unspecified atom stereocenters. The highest BCUT2D eigenvalue weighted by Gasteiger charge is 2.37. The summed E-state index contributed by atoms with van der Waals surface area (Å²) in [6.45, 7) is 3.90. The Bertz CT molecular complexity index is 913. The highest BCUT2D eigenvalue weighted by Crippen LogP contribution is 2.34. The Hall–Kier alpha value is -2.68. The third-order valence-corrected chi connectivity index (χ3v) is 5.35. The molecule has 3 nitrogen and oxygen atoms in total. The Morgan fingerprint density at radius 2 is 1.77 bits per heavy atom. The van der Waals surface area contributed by atoms with Gasteiger partial charge in [0.1, 0.15) is 0 Å². The summed E-state index contributed by atoms with van der Waals surface area (Å²) in [4.78, 5) is 16.7. The zero-order valence-corrected chi connectivity index (χ0v) is 15.4. The summed E-state index contributed by atoms with van der Waals surface area (Å²) in [7, 11) is 0. The molecule has 0 saturated carbocycles. The lowest BCUT2D eigenvalue weighted by molar-refractivity contribution is -0.149. The molecule has 1 aromatic heterocycles. The quantitative estimate of drug-likeness (QED) is 0.639. The van der Waals surface area contributed by atoms with Gasteiger partial charge in [0.25, 0.3) is 0 Å². The molecule has 1 N–H and O–H groups in total. The van der Waals surface area contributed by atoms with Crippen molar-refractivity contribution in [1.82, 2.24) is 4.98 Å². The Kier molecular flexibility index (Phi) is 5.36. The molecule has 1 heterocycles. The third-order valence-electron chi connectivity index (χ3n) is 5.35. The predicted octanol–water partition coefficient (Wildman–Crippen LogP) is 5.20. The molecule has 26 heavy (non-hydrogen) atoms. The second kappa shape index (κ2) is 7.69. The van der Waals surface area contributed by atoms with Crippen molar-refractivity contribution in [2.45, 2.75) is 39.5 Å². The SMILES string of the molecule is CCC(CCc1cccc2ccccc12)(Cc1cccc(C)n1)C(=O)O. The largest absolute Gasteiger partial charge is 0.481 e. The highest BCUT2D eigenvalue weighted by atomic mass is 16.4. The molecule has 3 rings (SSSR count). The molecule has 134 valence electrons. The lowest BCUT2D eigenvalue weighted by Crippen LogP contribution is -2.34. The van der Waals surface area contributed by atoms with E-state index in [0.29, 0.717) is 19.3 Å². The maximum Gasteiger partial charge on any atom is 0.310 e. The molecule has 0 aliphatic carbocycles. The van der Waals surface area contributed by atoms with Crippen molar-refractivity contribution in [3.63, 3.8) is 0 Å². The van der Waals surface area contributed by atoms with Crippen LogP contribution in [-0.4, -0.2) is 16.1 Å². The number of hydrogen-bond acceptors (Lipinski definition) is 2. The van der Waals surface area contributed by atoms with E-state index in [1.54, 1.807) is 0 Å². The molecule has 0 fully saturated rings. The van der Waals surface area contributed by atoms with Crippen LogP contribution in [0, 0.1) is 12.3 Å². The van der Waals surface area contributed by atoms with Crippen molar-refractivity contribution in [2.24, 2.45) is 5.41 Å². The van der Waals surface area contributed by atoms with E-state index in [1.165, 1.54) is 16.3 Å². The summed E-state index contributed by atoms with van der Waals surface area (Å²) in [5.74, 6) is -0.733. The summed E-state index contributed by atoms with van der Waals surface area (Å²) in [6.07, 6.45) is 2.39. The summed E-state index contributed by atoms with van der Waals surface area (Å²) in [5, 5.41) is 12.4. The van der Waals surface area contributed by atoms with Gasteiger partial charge in [0.2, 0.25) is 0 Å². The van der Waals surface area contributed by atoms with E-state index < -0.39 is 11.4 Å². The van der Waals surface area contributed by atoms with Gasteiger partial charge in [-0.1, -0.05) is 55.5 Å². The number of pyridine rings is 1. The molecule has 3 heteroatoms. The van der Waals surface area contributed by atoms with Gasteiger partial charge in [-0.15, -0.1) is 0 Å². The molecule has 0 radical (unpaired) electrons. The van der Waals surface area contributed by atoms with Crippen LogP contribution in [-0.2, 0) is 17.6 Å². The van der Waals surface area contributed by atoms with Crippen LogP contribution in [0.3, 0.4) is 0 Å². The van der Waals surface area contributed by atoms with Crippen LogP contribution in [0.25, 0.3) is 10.8 Å². The second-order valence-corrected chi connectivity index (χ2v) is 7.02. The minimum atomic E-state index is -0.794. The van der Waals surface area contributed by atoms with Crippen LogP contribution in [0.2, 0.25) is 0 Å². The summed E-state index contributed by atoms with van der Waals surface area (Å²) >= 11 is 0. The minimum absolute atomic E-state index is 0.464. The number of carboxylic acids is 1. The van der Waals surface area contributed by atoms with Gasteiger partial charge in [0.05, 0.1) is 5.41 Å². The van der Waals surface area contributed by atoms with E-state index in [2.05, 4.69) is 29.2 Å². The average molecular weight is 347 g/mol. The standard InChI is InChI=1S/C23H25NO2/c1-3-23(22(25)26,16-20-12-6-8-17(2)24-20)15-14-19-11-7-10-18-9-4-5-13-21(18)19/h4-13H,3,14-16H2,1-2H3,(H,25,26). The van der Waals surface area contributed by atoms with Crippen molar-refractivity contribution < 1.29 is 9.90 Å². The molecule has 0 bridgehead atoms. The van der Waals surface area contributed by atoms with Crippen molar-refractivity contribution in [3.8, 4) is 0 Å². The monoisotopic (exact) mass is 347 g/mol. The highest BCUT2D eigenvalue weighted by molar-refractivity contribution is 5.85. The van der Waals surface area contributed by atoms with E-state index in [-0.39, 0.29) is 0 Å². The number of benzene rings is 2. The van der Waals surface area contributed by atoms with Gasteiger partial charge < -0.3 is 5.11 Å². The van der Waals surface area contributed by atoms with Crippen molar-refractivity contribution in [3.05, 3.63) is 77.6 Å². The van der Waals surface area contributed by atoms with Gasteiger partial charge in [-0.25, -0.2) is 0 Å². The van der Waals surface area contributed by atoms with E-state index in [0.717, 1.165) is 17.8 Å². The number of rotatable bonds is 7. The summed E-state index contributed by atoms with van der Waals surface area (Å²) in [5.41, 5.74) is 2.19. The first-order valence-electron chi connectivity index (χ1n) is 9.17. The van der Waals surface area contributed by atoms with Crippen molar-refractivity contribution in [1.29, 1.82) is 0 Å². The minimum Gasteiger partial charge on any atom is -0.481 e. The van der Waals surface area contributed by atoms with Crippen LogP contribution in [0.1, 0.15) is 36.7 Å². The van der Waals surface area contributed by atoms with Crippen LogP contribution in [0.15, 0.2) is 60.7 Å². The Morgan fingerprint density at radius 1 is 1.04 bits per heavy atom. The number of aliphatic carboxylic acids is 1. The topological polar surface area (TPSA) is 50.2 Å². The number of carbonyl (C=O) groups is 1. The lowest BCUT2D eigenvalue weighted by atomic mass is 9.75. The molecule has 2 aromatic carbocycles. The fourth-order valence-corrected chi connectivity index (χ4v) is 3.65. The zero-order chi connectivity index (χ0) is 18.6. The Morgan fingerprint density at radius 3 is 2.50 bits per heavy atom.